The number of H-pyrrole nitrogens is 1. The van der Waals surface area contributed by atoms with Crippen LogP contribution in [0.25, 0.3) is 22.3 Å². The number of fused-ring (bicyclic) bond motifs is 1. The molecule has 1 aromatic carbocycles. The average Bonchev–Trinajstić information content (AvgIpc) is 3.21. The van der Waals surface area contributed by atoms with E-state index in [0.29, 0.717) is 23.1 Å². The van der Waals surface area contributed by atoms with Gasteiger partial charge in [0.05, 0.1) is 5.02 Å². The third-order valence-electron chi connectivity index (χ3n) is 6.17. The molecule has 170 valence electrons. The maximum absolute atomic E-state index is 13.5. The highest BCUT2D eigenvalue weighted by Crippen LogP contribution is 2.31. The quantitative estimate of drug-likeness (QED) is 0.453. The lowest BCUT2D eigenvalue weighted by Gasteiger charge is -2.37. The Hall–Kier alpha value is -3.03. The molecule has 1 aliphatic rings. The lowest BCUT2D eigenvalue weighted by Crippen LogP contribution is -2.49. The SMILES string of the molecule is CC(C)N1CCN(c2cc(-c3cnc4[nH]c(Cc5cccc(F)c5)nc4c3)c(Cl)cn2)CC1. The van der Waals surface area contributed by atoms with Gasteiger partial charge in [0.15, 0.2) is 5.65 Å². The summed E-state index contributed by atoms with van der Waals surface area (Å²) in [4.78, 5) is 21.8. The summed E-state index contributed by atoms with van der Waals surface area (Å²) in [6.07, 6.45) is 4.02. The number of rotatable bonds is 5. The van der Waals surface area contributed by atoms with E-state index in [2.05, 4.69) is 43.6 Å². The van der Waals surface area contributed by atoms with Gasteiger partial charge >= 0.3 is 0 Å². The van der Waals surface area contributed by atoms with Crippen molar-refractivity contribution < 1.29 is 4.39 Å². The molecule has 0 atom stereocenters. The van der Waals surface area contributed by atoms with E-state index in [-0.39, 0.29) is 5.82 Å². The Labute approximate surface area is 197 Å². The Bertz CT molecular complexity index is 1280. The molecule has 33 heavy (non-hydrogen) atoms. The largest absolute Gasteiger partial charge is 0.354 e. The molecule has 0 aliphatic carbocycles. The van der Waals surface area contributed by atoms with Crippen LogP contribution in [-0.4, -0.2) is 57.1 Å². The topological polar surface area (TPSA) is 60.9 Å². The lowest BCUT2D eigenvalue weighted by atomic mass is 10.1. The predicted octanol–water partition coefficient (Wildman–Crippen LogP) is 4.93. The molecule has 6 nitrogen and oxygen atoms in total. The first kappa shape index (κ1) is 21.8. The highest BCUT2D eigenvalue weighted by molar-refractivity contribution is 6.33. The number of aromatic amines is 1. The van der Waals surface area contributed by atoms with Gasteiger partial charge in [0.25, 0.3) is 0 Å². The van der Waals surface area contributed by atoms with Crippen molar-refractivity contribution in [3.05, 3.63) is 71.0 Å². The van der Waals surface area contributed by atoms with E-state index in [1.54, 1.807) is 18.5 Å². The van der Waals surface area contributed by atoms with E-state index in [4.69, 9.17) is 11.6 Å². The Balaban J connectivity index is 1.40. The number of benzene rings is 1. The van der Waals surface area contributed by atoms with E-state index < -0.39 is 0 Å². The van der Waals surface area contributed by atoms with Crippen LogP contribution in [0, 0.1) is 5.82 Å². The fourth-order valence-corrected chi connectivity index (χ4v) is 4.52. The van der Waals surface area contributed by atoms with Gasteiger partial charge in [0.2, 0.25) is 0 Å². The molecule has 0 amide bonds. The molecule has 3 aromatic heterocycles. The average molecular weight is 465 g/mol. The summed E-state index contributed by atoms with van der Waals surface area (Å²) in [6.45, 7) is 8.38. The minimum Gasteiger partial charge on any atom is -0.354 e. The smallest absolute Gasteiger partial charge is 0.157 e. The summed E-state index contributed by atoms with van der Waals surface area (Å²) in [5.74, 6) is 1.41. The summed E-state index contributed by atoms with van der Waals surface area (Å²) in [6, 6.07) is 11.1. The summed E-state index contributed by atoms with van der Waals surface area (Å²) in [5.41, 5.74) is 4.07. The molecule has 1 N–H and O–H groups in total. The van der Waals surface area contributed by atoms with Gasteiger partial charge in [0.1, 0.15) is 23.0 Å². The van der Waals surface area contributed by atoms with E-state index in [9.17, 15) is 4.39 Å². The van der Waals surface area contributed by atoms with Crippen LogP contribution >= 0.6 is 11.6 Å². The van der Waals surface area contributed by atoms with Gasteiger partial charge in [-0.15, -0.1) is 0 Å². The Morgan fingerprint density at radius 1 is 1.06 bits per heavy atom. The van der Waals surface area contributed by atoms with Gasteiger partial charge < -0.3 is 9.88 Å². The first-order valence-corrected chi connectivity index (χ1v) is 11.6. The summed E-state index contributed by atoms with van der Waals surface area (Å²) >= 11 is 6.53. The van der Waals surface area contributed by atoms with Crippen LogP contribution in [0.3, 0.4) is 0 Å². The molecule has 1 aliphatic heterocycles. The Morgan fingerprint density at radius 3 is 2.64 bits per heavy atom. The molecule has 0 radical (unpaired) electrons. The van der Waals surface area contributed by atoms with Crippen molar-refractivity contribution in [3.8, 4) is 11.1 Å². The second-order valence-electron chi connectivity index (χ2n) is 8.72. The zero-order valence-corrected chi connectivity index (χ0v) is 19.5. The second kappa shape index (κ2) is 9.08. The Kier molecular flexibility index (Phi) is 6.00. The highest BCUT2D eigenvalue weighted by atomic mass is 35.5. The van der Waals surface area contributed by atoms with Crippen LogP contribution in [0.4, 0.5) is 10.2 Å². The number of aromatic nitrogens is 4. The fraction of sp³-hybridized carbons (Fsp3) is 0.320. The minimum absolute atomic E-state index is 0.252. The minimum atomic E-state index is -0.252. The predicted molar refractivity (Wildman–Crippen MR) is 130 cm³/mol. The van der Waals surface area contributed by atoms with E-state index in [0.717, 1.165) is 60.0 Å². The zero-order valence-electron chi connectivity index (χ0n) is 18.7. The van der Waals surface area contributed by atoms with Crippen LogP contribution < -0.4 is 4.90 Å². The number of piperazine rings is 1. The van der Waals surface area contributed by atoms with Crippen LogP contribution in [0.5, 0.6) is 0 Å². The van der Waals surface area contributed by atoms with Gasteiger partial charge in [-0.25, -0.2) is 19.3 Å². The molecule has 4 heterocycles. The molecule has 0 saturated carbocycles. The van der Waals surface area contributed by atoms with E-state index in [1.165, 1.54) is 12.1 Å². The second-order valence-corrected chi connectivity index (χ2v) is 9.13. The number of halogens is 2. The summed E-state index contributed by atoms with van der Waals surface area (Å²) in [7, 11) is 0. The zero-order chi connectivity index (χ0) is 22.9. The number of nitrogens with zero attached hydrogens (tertiary/aromatic N) is 5. The first-order valence-electron chi connectivity index (χ1n) is 11.2. The van der Waals surface area contributed by atoms with Gasteiger partial charge in [-0.2, -0.15) is 0 Å². The molecule has 1 fully saturated rings. The number of hydrogen-bond acceptors (Lipinski definition) is 5. The van der Waals surface area contributed by atoms with Crippen molar-refractivity contribution in [2.24, 2.45) is 0 Å². The van der Waals surface area contributed by atoms with Crippen molar-refractivity contribution in [2.75, 3.05) is 31.1 Å². The fourth-order valence-electron chi connectivity index (χ4n) is 4.31. The normalized spacial score (nSPS) is 15.0. The van der Waals surface area contributed by atoms with Crippen molar-refractivity contribution in [1.29, 1.82) is 0 Å². The van der Waals surface area contributed by atoms with Crippen molar-refractivity contribution in [3.63, 3.8) is 0 Å². The number of imidazole rings is 1. The van der Waals surface area contributed by atoms with E-state index in [1.807, 2.05) is 18.2 Å². The number of nitrogens with one attached hydrogen (secondary N) is 1. The van der Waals surface area contributed by atoms with Crippen molar-refractivity contribution >= 4 is 28.6 Å². The van der Waals surface area contributed by atoms with Gasteiger partial charge in [-0.05, 0) is 43.7 Å². The monoisotopic (exact) mass is 464 g/mol. The third-order valence-corrected chi connectivity index (χ3v) is 6.47. The number of anilines is 1. The van der Waals surface area contributed by atoms with Crippen LogP contribution in [0.1, 0.15) is 25.2 Å². The van der Waals surface area contributed by atoms with Crippen LogP contribution in [0.15, 0.2) is 48.8 Å². The molecule has 5 rings (SSSR count). The standard InChI is InChI=1S/C25H26ClFN6/c1-16(2)32-6-8-33(9-7-32)24-13-20(21(26)15-28-24)18-12-22-25(29-14-18)31-23(30-22)11-17-4-3-5-19(27)10-17/h3-5,10,12-16H,6-9,11H2,1-2H3,(H,29,30,31). The Morgan fingerprint density at radius 2 is 1.88 bits per heavy atom. The maximum Gasteiger partial charge on any atom is 0.157 e. The summed E-state index contributed by atoms with van der Waals surface area (Å²) < 4.78 is 13.5. The van der Waals surface area contributed by atoms with Gasteiger partial charge in [0, 0.05) is 62.2 Å². The molecule has 0 unspecified atom stereocenters. The number of pyridine rings is 2. The molecule has 0 bridgehead atoms. The van der Waals surface area contributed by atoms with Crippen molar-refractivity contribution in [2.45, 2.75) is 26.3 Å². The van der Waals surface area contributed by atoms with Gasteiger partial charge in [-0.3, -0.25) is 4.90 Å². The van der Waals surface area contributed by atoms with E-state index >= 15 is 0 Å². The van der Waals surface area contributed by atoms with Crippen LogP contribution in [-0.2, 0) is 6.42 Å². The number of hydrogen-bond donors (Lipinski definition) is 1. The molecule has 4 aromatic rings. The maximum atomic E-state index is 13.5. The molecular weight excluding hydrogens is 439 g/mol. The lowest BCUT2D eigenvalue weighted by molar-refractivity contribution is 0.209. The van der Waals surface area contributed by atoms with Crippen LogP contribution in [0.2, 0.25) is 5.02 Å². The first-order chi connectivity index (χ1) is 16.0. The third kappa shape index (κ3) is 4.70. The molecular formula is C25H26ClFN6. The van der Waals surface area contributed by atoms with Gasteiger partial charge in [-0.1, -0.05) is 23.7 Å². The molecule has 1 saturated heterocycles. The highest BCUT2D eigenvalue weighted by Gasteiger charge is 2.21. The molecule has 8 heteroatoms. The summed E-state index contributed by atoms with van der Waals surface area (Å²) in [5, 5.41) is 0.580. The molecule has 0 spiro atoms. The van der Waals surface area contributed by atoms with Crippen molar-refractivity contribution in [1.82, 2.24) is 24.8 Å².